The Kier molecular flexibility index (Phi) is 2.04. The molecule has 6 heteroatoms. The normalized spacial score (nSPS) is 16.2. The largest absolute Gasteiger partial charge is 0.338 e. The second-order valence-corrected chi connectivity index (χ2v) is 4.48. The van der Waals surface area contributed by atoms with Crippen LogP contribution in [-0.2, 0) is 0 Å². The number of pyridine rings is 1. The number of imidazole rings is 1. The van der Waals surface area contributed by atoms with Gasteiger partial charge < -0.3 is 9.88 Å². The van der Waals surface area contributed by atoms with Crippen molar-refractivity contribution in [2.75, 3.05) is 13.1 Å². The van der Waals surface area contributed by atoms with Crippen molar-refractivity contribution < 1.29 is 4.79 Å². The van der Waals surface area contributed by atoms with E-state index in [0.717, 1.165) is 13.1 Å². The first-order valence-electron chi connectivity index (χ1n) is 5.51. The fourth-order valence-corrected chi connectivity index (χ4v) is 2.15. The van der Waals surface area contributed by atoms with Gasteiger partial charge in [-0.25, -0.2) is 9.78 Å². The Morgan fingerprint density at radius 1 is 1.47 bits per heavy atom. The minimum absolute atomic E-state index is 0.0502. The van der Waals surface area contributed by atoms with Gasteiger partial charge in [-0.05, 0) is 12.0 Å². The summed E-state index contributed by atoms with van der Waals surface area (Å²) in [5.74, 6) is 0.507. The maximum Gasteiger partial charge on any atom is 0.325 e. The number of hydrogen-bond acceptors (Lipinski definition) is 3. The molecule has 2 N–H and O–H groups in total. The van der Waals surface area contributed by atoms with Crippen LogP contribution in [0.3, 0.4) is 0 Å². The average molecular weight is 232 g/mol. The molecule has 0 radical (unpaired) electrons. The SMILES string of the molecule is CC1CN(C(=O)c2ccnc3[nH]c(=O)[nH]c23)C1. The summed E-state index contributed by atoms with van der Waals surface area (Å²) in [6.07, 6.45) is 1.53. The minimum atomic E-state index is -0.343. The quantitative estimate of drug-likeness (QED) is 0.744. The maximum absolute atomic E-state index is 12.2. The summed E-state index contributed by atoms with van der Waals surface area (Å²) in [7, 11) is 0. The van der Waals surface area contributed by atoms with Gasteiger partial charge in [0.05, 0.1) is 11.1 Å². The molecule has 3 heterocycles. The fraction of sp³-hybridized carbons (Fsp3) is 0.364. The molecule has 88 valence electrons. The third-order valence-corrected chi connectivity index (χ3v) is 3.00. The number of carbonyl (C=O) groups is 1. The lowest BCUT2D eigenvalue weighted by Gasteiger charge is -2.37. The van der Waals surface area contributed by atoms with E-state index in [1.54, 1.807) is 11.0 Å². The summed E-state index contributed by atoms with van der Waals surface area (Å²) in [5, 5.41) is 0. The third kappa shape index (κ3) is 1.52. The number of nitrogens with zero attached hydrogens (tertiary/aromatic N) is 2. The van der Waals surface area contributed by atoms with Crippen molar-refractivity contribution in [3.05, 3.63) is 28.3 Å². The van der Waals surface area contributed by atoms with E-state index in [9.17, 15) is 9.59 Å². The van der Waals surface area contributed by atoms with Crippen LogP contribution < -0.4 is 5.69 Å². The highest BCUT2D eigenvalue weighted by atomic mass is 16.2. The molecule has 1 fully saturated rings. The number of amides is 1. The molecule has 0 aliphatic carbocycles. The first kappa shape index (κ1) is 10.1. The van der Waals surface area contributed by atoms with Gasteiger partial charge in [0.25, 0.3) is 5.91 Å². The Morgan fingerprint density at radius 3 is 2.94 bits per heavy atom. The monoisotopic (exact) mass is 232 g/mol. The molecule has 1 amide bonds. The molecule has 3 rings (SSSR count). The van der Waals surface area contributed by atoms with Crippen molar-refractivity contribution in [3.63, 3.8) is 0 Å². The highest BCUT2D eigenvalue weighted by molar-refractivity contribution is 6.04. The van der Waals surface area contributed by atoms with E-state index in [1.807, 2.05) is 0 Å². The van der Waals surface area contributed by atoms with Crippen LogP contribution in [0.5, 0.6) is 0 Å². The summed E-state index contributed by atoms with van der Waals surface area (Å²) in [6, 6.07) is 1.64. The molecular weight excluding hydrogens is 220 g/mol. The van der Waals surface area contributed by atoms with Crippen LogP contribution in [0, 0.1) is 5.92 Å². The van der Waals surface area contributed by atoms with Crippen molar-refractivity contribution in [1.82, 2.24) is 19.9 Å². The number of rotatable bonds is 1. The zero-order chi connectivity index (χ0) is 12.0. The van der Waals surface area contributed by atoms with Crippen LogP contribution in [0.2, 0.25) is 0 Å². The Labute approximate surface area is 96.7 Å². The number of hydrogen-bond donors (Lipinski definition) is 2. The lowest BCUT2D eigenvalue weighted by Crippen LogP contribution is -2.48. The van der Waals surface area contributed by atoms with Gasteiger partial charge >= 0.3 is 5.69 Å². The van der Waals surface area contributed by atoms with Crippen LogP contribution in [0.25, 0.3) is 11.2 Å². The van der Waals surface area contributed by atoms with E-state index in [0.29, 0.717) is 22.6 Å². The number of fused-ring (bicyclic) bond motifs is 1. The zero-order valence-corrected chi connectivity index (χ0v) is 9.36. The van der Waals surface area contributed by atoms with E-state index in [2.05, 4.69) is 21.9 Å². The van der Waals surface area contributed by atoms with E-state index >= 15 is 0 Å². The Bertz CT molecular complexity index is 636. The first-order chi connectivity index (χ1) is 8.15. The van der Waals surface area contributed by atoms with Crippen molar-refractivity contribution in [2.45, 2.75) is 6.92 Å². The number of likely N-dealkylation sites (tertiary alicyclic amines) is 1. The first-order valence-corrected chi connectivity index (χ1v) is 5.51. The van der Waals surface area contributed by atoms with Gasteiger partial charge in [0.2, 0.25) is 0 Å². The molecule has 2 aromatic rings. The smallest absolute Gasteiger partial charge is 0.325 e. The lowest BCUT2D eigenvalue weighted by atomic mass is 10.0. The predicted molar refractivity (Wildman–Crippen MR) is 61.8 cm³/mol. The zero-order valence-electron chi connectivity index (χ0n) is 9.36. The molecule has 1 aliphatic rings. The second kappa shape index (κ2) is 3.44. The number of H-pyrrole nitrogens is 2. The number of carbonyl (C=O) groups excluding carboxylic acids is 1. The highest BCUT2D eigenvalue weighted by Crippen LogP contribution is 2.20. The molecule has 0 saturated carbocycles. The molecule has 1 aliphatic heterocycles. The molecule has 1 saturated heterocycles. The predicted octanol–water partition coefficient (Wildman–Crippen LogP) is 0.343. The van der Waals surface area contributed by atoms with E-state index in [1.165, 1.54) is 6.20 Å². The Morgan fingerprint density at radius 2 is 2.24 bits per heavy atom. The van der Waals surface area contributed by atoms with Crippen LogP contribution >= 0.6 is 0 Å². The van der Waals surface area contributed by atoms with Crippen molar-refractivity contribution in [1.29, 1.82) is 0 Å². The van der Waals surface area contributed by atoms with Crippen LogP contribution in [0.4, 0.5) is 0 Å². The molecule has 0 unspecified atom stereocenters. The summed E-state index contributed by atoms with van der Waals surface area (Å²) in [5.41, 5.74) is 1.07. The van der Waals surface area contributed by atoms with Crippen LogP contribution in [-0.4, -0.2) is 38.8 Å². The Hall–Kier alpha value is -2.11. The molecule has 2 aromatic heterocycles. The van der Waals surface area contributed by atoms with Crippen molar-refractivity contribution in [2.24, 2.45) is 5.92 Å². The summed E-state index contributed by atoms with van der Waals surface area (Å²) in [4.78, 5) is 34.3. The van der Waals surface area contributed by atoms with E-state index in [4.69, 9.17) is 0 Å². The van der Waals surface area contributed by atoms with Crippen LogP contribution in [0.1, 0.15) is 17.3 Å². The number of nitrogens with one attached hydrogen (secondary N) is 2. The summed E-state index contributed by atoms with van der Waals surface area (Å²) < 4.78 is 0. The standard InChI is InChI=1S/C11H12N4O2/c1-6-4-15(5-6)10(16)7-2-3-12-9-8(7)13-11(17)14-9/h2-3,6H,4-5H2,1H3,(H2,12,13,14,17). The minimum Gasteiger partial charge on any atom is -0.338 e. The summed E-state index contributed by atoms with van der Waals surface area (Å²) >= 11 is 0. The van der Waals surface area contributed by atoms with E-state index in [-0.39, 0.29) is 11.6 Å². The van der Waals surface area contributed by atoms with Gasteiger partial charge in [-0.2, -0.15) is 0 Å². The summed E-state index contributed by atoms with van der Waals surface area (Å²) in [6.45, 7) is 3.65. The second-order valence-electron chi connectivity index (χ2n) is 4.48. The maximum atomic E-state index is 12.2. The van der Waals surface area contributed by atoms with Gasteiger partial charge in [0.15, 0.2) is 5.65 Å². The van der Waals surface area contributed by atoms with Gasteiger partial charge in [-0.15, -0.1) is 0 Å². The van der Waals surface area contributed by atoms with Gasteiger partial charge in [-0.1, -0.05) is 6.92 Å². The molecular formula is C11H12N4O2. The molecule has 17 heavy (non-hydrogen) atoms. The lowest BCUT2D eigenvalue weighted by molar-refractivity contribution is 0.0532. The molecule has 0 aromatic carbocycles. The highest BCUT2D eigenvalue weighted by Gasteiger charge is 2.29. The molecule has 0 bridgehead atoms. The molecule has 0 spiro atoms. The van der Waals surface area contributed by atoms with Gasteiger partial charge in [0.1, 0.15) is 0 Å². The molecule has 6 nitrogen and oxygen atoms in total. The fourth-order valence-electron chi connectivity index (χ4n) is 2.15. The molecule has 0 atom stereocenters. The van der Waals surface area contributed by atoms with Gasteiger partial charge in [-0.3, -0.25) is 9.78 Å². The third-order valence-electron chi connectivity index (χ3n) is 3.00. The Balaban J connectivity index is 2.05. The average Bonchev–Trinajstić information content (AvgIpc) is 2.63. The number of aromatic amines is 2. The van der Waals surface area contributed by atoms with E-state index < -0.39 is 0 Å². The topological polar surface area (TPSA) is 81.8 Å². The van der Waals surface area contributed by atoms with Crippen molar-refractivity contribution in [3.8, 4) is 0 Å². The van der Waals surface area contributed by atoms with Gasteiger partial charge in [0, 0.05) is 19.3 Å². The van der Waals surface area contributed by atoms with Crippen LogP contribution in [0.15, 0.2) is 17.1 Å². The van der Waals surface area contributed by atoms with Crippen molar-refractivity contribution >= 4 is 17.1 Å². The number of aromatic nitrogens is 3.